The third-order valence-corrected chi connectivity index (χ3v) is 4.18. The molecule has 1 aliphatic heterocycles. The highest BCUT2D eigenvalue weighted by Gasteiger charge is 2.32. The molecule has 0 unspecified atom stereocenters. The molecule has 0 spiro atoms. The maximum atomic E-state index is 10.7. The van der Waals surface area contributed by atoms with Gasteiger partial charge >= 0.3 is 0 Å². The first-order chi connectivity index (χ1) is 10.2. The van der Waals surface area contributed by atoms with E-state index < -0.39 is 5.60 Å². The second-order valence-corrected chi connectivity index (χ2v) is 5.73. The molecular formula is C14H22N6O. The molecule has 0 amide bonds. The SMILES string of the molecule is CCn1ncnc1CN1CCC(O)(Cn2ccnc2)CC1. The number of aromatic nitrogens is 5. The van der Waals surface area contributed by atoms with Gasteiger partial charge in [-0.05, 0) is 19.8 Å². The molecule has 1 N–H and O–H groups in total. The molecule has 0 aliphatic carbocycles. The minimum Gasteiger partial charge on any atom is -0.388 e. The van der Waals surface area contributed by atoms with Crippen LogP contribution in [0.1, 0.15) is 25.6 Å². The number of imidazole rings is 1. The molecule has 3 heterocycles. The summed E-state index contributed by atoms with van der Waals surface area (Å²) in [6, 6.07) is 0. The van der Waals surface area contributed by atoms with Crippen molar-refractivity contribution in [3.63, 3.8) is 0 Å². The van der Waals surface area contributed by atoms with Gasteiger partial charge in [0.1, 0.15) is 12.2 Å². The van der Waals surface area contributed by atoms with Crippen molar-refractivity contribution < 1.29 is 5.11 Å². The van der Waals surface area contributed by atoms with Crippen LogP contribution in [0.25, 0.3) is 0 Å². The van der Waals surface area contributed by atoms with Crippen molar-refractivity contribution in [1.82, 2.24) is 29.2 Å². The molecule has 3 rings (SSSR count). The van der Waals surface area contributed by atoms with Gasteiger partial charge in [-0.2, -0.15) is 5.10 Å². The lowest BCUT2D eigenvalue weighted by Gasteiger charge is -2.38. The van der Waals surface area contributed by atoms with E-state index in [0.717, 1.165) is 44.8 Å². The van der Waals surface area contributed by atoms with Gasteiger partial charge in [-0.15, -0.1) is 0 Å². The van der Waals surface area contributed by atoms with E-state index in [1.165, 1.54) is 0 Å². The van der Waals surface area contributed by atoms with E-state index in [-0.39, 0.29) is 0 Å². The van der Waals surface area contributed by atoms with Crippen LogP contribution in [-0.2, 0) is 19.6 Å². The summed E-state index contributed by atoms with van der Waals surface area (Å²) in [4.78, 5) is 10.7. The van der Waals surface area contributed by atoms with E-state index in [1.54, 1.807) is 18.9 Å². The lowest BCUT2D eigenvalue weighted by atomic mass is 9.91. The summed E-state index contributed by atoms with van der Waals surface area (Å²) in [6.45, 7) is 6.08. The van der Waals surface area contributed by atoms with Crippen LogP contribution in [0.2, 0.25) is 0 Å². The Labute approximate surface area is 124 Å². The molecule has 114 valence electrons. The van der Waals surface area contributed by atoms with E-state index in [9.17, 15) is 5.11 Å². The van der Waals surface area contributed by atoms with E-state index >= 15 is 0 Å². The quantitative estimate of drug-likeness (QED) is 0.869. The van der Waals surface area contributed by atoms with E-state index in [4.69, 9.17) is 0 Å². The van der Waals surface area contributed by atoms with Crippen molar-refractivity contribution in [2.24, 2.45) is 0 Å². The average Bonchev–Trinajstić information content (AvgIpc) is 3.13. The van der Waals surface area contributed by atoms with Gasteiger partial charge in [0.25, 0.3) is 0 Å². The zero-order valence-electron chi connectivity index (χ0n) is 12.4. The largest absolute Gasteiger partial charge is 0.388 e. The molecule has 1 aliphatic rings. The predicted molar refractivity (Wildman–Crippen MR) is 77.4 cm³/mol. The normalized spacial score (nSPS) is 19.0. The number of piperidine rings is 1. The summed E-state index contributed by atoms with van der Waals surface area (Å²) in [5.74, 6) is 0.998. The van der Waals surface area contributed by atoms with Gasteiger partial charge in [0.2, 0.25) is 0 Å². The average molecular weight is 290 g/mol. The van der Waals surface area contributed by atoms with Gasteiger partial charge in [0.15, 0.2) is 0 Å². The van der Waals surface area contributed by atoms with E-state index in [1.807, 2.05) is 15.4 Å². The second-order valence-electron chi connectivity index (χ2n) is 5.73. The van der Waals surface area contributed by atoms with Crippen molar-refractivity contribution in [2.45, 2.75) is 45.0 Å². The molecule has 2 aromatic heterocycles. The Morgan fingerprint density at radius 3 is 2.81 bits per heavy atom. The van der Waals surface area contributed by atoms with Crippen molar-refractivity contribution in [3.05, 3.63) is 30.9 Å². The first kappa shape index (κ1) is 14.2. The number of likely N-dealkylation sites (tertiary alicyclic amines) is 1. The minimum absolute atomic E-state index is 0.617. The monoisotopic (exact) mass is 290 g/mol. The molecule has 1 saturated heterocycles. The highest BCUT2D eigenvalue weighted by Crippen LogP contribution is 2.24. The summed E-state index contributed by atoms with van der Waals surface area (Å²) in [7, 11) is 0. The molecular weight excluding hydrogens is 268 g/mol. The fourth-order valence-electron chi connectivity index (χ4n) is 2.88. The lowest BCUT2D eigenvalue weighted by molar-refractivity contribution is -0.0364. The first-order valence-electron chi connectivity index (χ1n) is 7.46. The van der Waals surface area contributed by atoms with Gasteiger partial charge < -0.3 is 9.67 Å². The third kappa shape index (κ3) is 3.30. The Hall–Kier alpha value is -1.73. The number of rotatable bonds is 5. The molecule has 1 fully saturated rings. The van der Waals surface area contributed by atoms with Crippen LogP contribution < -0.4 is 0 Å². The van der Waals surface area contributed by atoms with Crippen LogP contribution in [0.5, 0.6) is 0 Å². The second kappa shape index (κ2) is 5.95. The first-order valence-corrected chi connectivity index (χ1v) is 7.46. The molecule has 7 nitrogen and oxygen atoms in total. The smallest absolute Gasteiger partial charge is 0.140 e. The highest BCUT2D eigenvalue weighted by atomic mass is 16.3. The van der Waals surface area contributed by atoms with Gasteiger partial charge in [-0.25, -0.2) is 14.6 Å². The zero-order chi connectivity index (χ0) is 14.7. The summed E-state index contributed by atoms with van der Waals surface area (Å²) in [5, 5.41) is 14.9. The minimum atomic E-state index is -0.629. The predicted octanol–water partition coefficient (Wildman–Crippen LogP) is 0.522. The number of nitrogens with zero attached hydrogens (tertiary/aromatic N) is 6. The molecule has 0 aromatic carbocycles. The number of aliphatic hydroxyl groups is 1. The lowest BCUT2D eigenvalue weighted by Crippen LogP contribution is -2.46. The fourth-order valence-corrected chi connectivity index (χ4v) is 2.88. The van der Waals surface area contributed by atoms with Crippen LogP contribution in [-0.4, -0.2) is 53.0 Å². The summed E-state index contributed by atoms with van der Waals surface area (Å²) in [6.07, 6.45) is 8.55. The van der Waals surface area contributed by atoms with Gasteiger partial charge in [0.05, 0.1) is 25.0 Å². The van der Waals surface area contributed by atoms with E-state index in [0.29, 0.717) is 6.54 Å². The Kier molecular flexibility index (Phi) is 4.03. The molecule has 0 saturated carbocycles. The van der Waals surface area contributed by atoms with Gasteiger partial charge in [-0.1, -0.05) is 0 Å². The van der Waals surface area contributed by atoms with Gasteiger partial charge in [0, 0.05) is 32.0 Å². The van der Waals surface area contributed by atoms with Crippen LogP contribution in [0.4, 0.5) is 0 Å². The van der Waals surface area contributed by atoms with Crippen LogP contribution >= 0.6 is 0 Å². The van der Waals surface area contributed by atoms with Crippen molar-refractivity contribution in [1.29, 1.82) is 0 Å². The fraction of sp³-hybridized carbons (Fsp3) is 0.643. The summed E-state index contributed by atoms with van der Waals surface area (Å²) in [5.41, 5.74) is -0.629. The Balaban J connectivity index is 1.55. The Morgan fingerprint density at radius 1 is 1.33 bits per heavy atom. The van der Waals surface area contributed by atoms with Crippen molar-refractivity contribution in [2.75, 3.05) is 13.1 Å². The maximum Gasteiger partial charge on any atom is 0.140 e. The standard InChI is InChI=1S/C14H22N6O/c1-2-20-13(16-11-17-20)9-18-6-3-14(21,4-7-18)10-19-8-5-15-12-19/h5,8,11-12,21H,2-4,6-7,9-10H2,1H3. The Morgan fingerprint density at radius 2 is 2.14 bits per heavy atom. The third-order valence-electron chi connectivity index (χ3n) is 4.18. The van der Waals surface area contributed by atoms with Crippen molar-refractivity contribution >= 4 is 0 Å². The number of aryl methyl sites for hydroxylation is 1. The number of hydrogen-bond acceptors (Lipinski definition) is 5. The Bertz CT molecular complexity index is 556. The zero-order valence-corrected chi connectivity index (χ0v) is 12.4. The molecule has 0 bridgehead atoms. The van der Waals surface area contributed by atoms with Crippen LogP contribution in [0.15, 0.2) is 25.0 Å². The number of hydrogen-bond donors (Lipinski definition) is 1. The molecule has 7 heteroatoms. The highest BCUT2D eigenvalue weighted by molar-refractivity contribution is 4.91. The maximum absolute atomic E-state index is 10.7. The molecule has 2 aromatic rings. The molecule has 0 radical (unpaired) electrons. The van der Waals surface area contributed by atoms with Crippen molar-refractivity contribution in [3.8, 4) is 0 Å². The topological polar surface area (TPSA) is 72.0 Å². The van der Waals surface area contributed by atoms with Crippen LogP contribution in [0.3, 0.4) is 0 Å². The van der Waals surface area contributed by atoms with Crippen LogP contribution in [0, 0.1) is 0 Å². The summed E-state index contributed by atoms with van der Waals surface area (Å²) < 4.78 is 3.87. The summed E-state index contributed by atoms with van der Waals surface area (Å²) >= 11 is 0. The van der Waals surface area contributed by atoms with E-state index in [2.05, 4.69) is 26.9 Å². The molecule has 0 atom stereocenters. The molecule has 21 heavy (non-hydrogen) atoms. The van der Waals surface area contributed by atoms with Gasteiger partial charge in [-0.3, -0.25) is 4.90 Å².